The number of hydrogen-bond donors (Lipinski definition) is 0. The van der Waals surface area contributed by atoms with E-state index in [0.717, 1.165) is 0 Å². The molecule has 1 amide bonds. The van der Waals surface area contributed by atoms with Gasteiger partial charge in [-0.05, 0) is 20.3 Å². The molecule has 1 aliphatic heterocycles. The van der Waals surface area contributed by atoms with Crippen molar-refractivity contribution in [3.05, 3.63) is 10.1 Å². The lowest BCUT2D eigenvalue weighted by molar-refractivity contribution is -0.497. The topological polar surface area (TPSA) is 124 Å². The Morgan fingerprint density at radius 1 is 1.43 bits per heavy atom. The first-order valence-corrected chi connectivity index (χ1v) is 9.33. The molecule has 130 valence electrons. The summed E-state index contributed by atoms with van der Waals surface area (Å²) < 4.78 is 28.1. The average molecular weight is 348 g/mol. The molecule has 4 unspecified atom stereocenters. The van der Waals surface area contributed by atoms with Gasteiger partial charge in [0.15, 0.2) is 15.9 Å². The van der Waals surface area contributed by atoms with Gasteiger partial charge in [-0.15, -0.1) is 0 Å². The Hall–Kier alpha value is -1.71. The Morgan fingerprint density at radius 3 is 2.52 bits per heavy atom. The Morgan fingerprint density at radius 2 is 2.09 bits per heavy atom. The largest absolute Gasteiger partial charge is 0.452 e. The van der Waals surface area contributed by atoms with E-state index in [1.165, 1.54) is 11.8 Å². The summed E-state index contributed by atoms with van der Waals surface area (Å²) in [6, 6.07) is -1.34. The maximum Gasteiger partial charge on any atom is 0.316 e. The number of ether oxygens (including phenoxy) is 1. The highest BCUT2D eigenvalue weighted by atomic mass is 32.2. The summed E-state index contributed by atoms with van der Waals surface area (Å²) in [5.41, 5.74) is 0. The molecule has 2 rings (SSSR count). The average Bonchev–Trinajstić information content (AvgIpc) is 3.19. The fourth-order valence-electron chi connectivity index (χ4n) is 2.83. The Labute approximate surface area is 134 Å². The van der Waals surface area contributed by atoms with Crippen LogP contribution in [0.25, 0.3) is 0 Å². The molecule has 4 atom stereocenters. The van der Waals surface area contributed by atoms with Crippen LogP contribution in [0.3, 0.4) is 0 Å². The van der Waals surface area contributed by atoms with Gasteiger partial charge in [-0.1, -0.05) is 0 Å². The van der Waals surface area contributed by atoms with E-state index in [1.807, 2.05) is 0 Å². The smallest absolute Gasteiger partial charge is 0.316 e. The second-order valence-corrected chi connectivity index (χ2v) is 8.18. The molecule has 0 radical (unpaired) electrons. The fourth-order valence-corrected chi connectivity index (χ4v) is 4.56. The normalized spacial score (nSPS) is 29.6. The van der Waals surface area contributed by atoms with Gasteiger partial charge >= 0.3 is 5.97 Å². The predicted octanol–water partition coefficient (Wildman–Crippen LogP) is -0.381. The van der Waals surface area contributed by atoms with Crippen LogP contribution in [0, 0.1) is 16.0 Å². The molecule has 9 nitrogen and oxygen atoms in total. The lowest BCUT2D eigenvalue weighted by Crippen LogP contribution is -2.46. The van der Waals surface area contributed by atoms with Crippen molar-refractivity contribution in [1.29, 1.82) is 0 Å². The number of nitro groups is 1. The van der Waals surface area contributed by atoms with E-state index in [2.05, 4.69) is 0 Å². The highest BCUT2D eigenvalue weighted by Gasteiger charge is 2.55. The van der Waals surface area contributed by atoms with Crippen molar-refractivity contribution < 1.29 is 27.7 Å². The van der Waals surface area contributed by atoms with Crippen LogP contribution < -0.4 is 0 Å². The van der Waals surface area contributed by atoms with Gasteiger partial charge in [0.2, 0.25) is 6.04 Å². The standard InChI is InChI=1S/C13H20N2O7S/c1-3-14(9-4-5-23(20,21)7-9)12(16)8(2)22-13(17)10-6-11(10)15(18)19/h8-11H,3-7H2,1-2H3. The lowest BCUT2D eigenvalue weighted by atomic mass is 10.2. The SMILES string of the molecule is CCN(C(=O)C(C)OC(=O)C1CC1[N+](=O)[O-])C1CCS(=O)(=O)C1. The van der Waals surface area contributed by atoms with Crippen molar-refractivity contribution in [2.45, 2.75) is 44.9 Å². The van der Waals surface area contributed by atoms with Crippen molar-refractivity contribution in [3.63, 3.8) is 0 Å². The minimum atomic E-state index is -3.13. The number of sulfone groups is 1. The number of hydrogen-bond acceptors (Lipinski definition) is 7. The molecule has 0 bridgehead atoms. The first kappa shape index (κ1) is 17.6. The van der Waals surface area contributed by atoms with E-state index in [0.29, 0.717) is 13.0 Å². The molecule has 0 spiro atoms. The molecule has 1 aliphatic carbocycles. The number of amides is 1. The first-order chi connectivity index (χ1) is 10.7. The molecule has 10 heteroatoms. The van der Waals surface area contributed by atoms with Gasteiger partial charge < -0.3 is 9.64 Å². The molecule has 2 aliphatic rings. The zero-order valence-corrected chi connectivity index (χ0v) is 13.8. The third kappa shape index (κ3) is 3.98. The van der Waals surface area contributed by atoms with Crippen LogP contribution in [0.15, 0.2) is 0 Å². The third-order valence-corrected chi connectivity index (χ3v) is 5.99. The van der Waals surface area contributed by atoms with E-state index in [9.17, 15) is 28.1 Å². The summed E-state index contributed by atoms with van der Waals surface area (Å²) in [5.74, 6) is -2.05. The van der Waals surface area contributed by atoms with E-state index < -0.39 is 50.7 Å². The second kappa shape index (κ2) is 6.42. The molecule has 2 fully saturated rings. The Balaban J connectivity index is 1.93. The summed E-state index contributed by atoms with van der Waals surface area (Å²) in [4.78, 5) is 35.6. The van der Waals surface area contributed by atoms with E-state index in [-0.39, 0.29) is 17.9 Å². The van der Waals surface area contributed by atoms with Gasteiger partial charge in [0, 0.05) is 23.9 Å². The second-order valence-electron chi connectivity index (χ2n) is 5.96. The van der Waals surface area contributed by atoms with Crippen LogP contribution in [0.1, 0.15) is 26.7 Å². The van der Waals surface area contributed by atoms with Crippen LogP contribution in [-0.4, -0.2) is 66.4 Å². The van der Waals surface area contributed by atoms with Gasteiger partial charge in [-0.2, -0.15) is 0 Å². The number of esters is 1. The zero-order valence-electron chi connectivity index (χ0n) is 13.0. The van der Waals surface area contributed by atoms with Gasteiger partial charge in [0.1, 0.15) is 5.92 Å². The van der Waals surface area contributed by atoms with Crippen molar-refractivity contribution in [2.75, 3.05) is 18.1 Å². The molecule has 0 aromatic carbocycles. The number of rotatable bonds is 6. The van der Waals surface area contributed by atoms with Crippen molar-refractivity contribution >= 4 is 21.7 Å². The highest BCUT2D eigenvalue weighted by molar-refractivity contribution is 7.91. The molecule has 1 saturated carbocycles. The monoisotopic (exact) mass is 348 g/mol. The summed E-state index contributed by atoms with van der Waals surface area (Å²) in [5, 5.41) is 10.6. The number of nitrogens with zero attached hydrogens (tertiary/aromatic N) is 2. The summed E-state index contributed by atoms with van der Waals surface area (Å²) in [6.45, 7) is 3.43. The predicted molar refractivity (Wildman–Crippen MR) is 78.9 cm³/mol. The highest BCUT2D eigenvalue weighted by Crippen LogP contribution is 2.34. The molecular formula is C13H20N2O7S. The van der Waals surface area contributed by atoms with Crippen LogP contribution >= 0.6 is 0 Å². The zero-order chi connectivity index (χ0) is 17.4. The van der Waals surface area contributed by atoms with Crippen LogP contribution in [-0.2, 0) is 24.2 Å². The molecule has 0 aromatic rings. The molecular weight excluding hydrogens is 328 g/mol. The Kier molecular flexibility index (Phi) is 4.92. The summed E-state index contributed by atoms with van der Waals surface area (Å²) in [6.07, 6.45) is -0.585. The van der Waals surface area contributed by atoms with Crippen molar-refractivity contribution in [2.24, 2.45) is 5.92 Å². The van der Waals surface area contributed by atoms with Gasteiger partial charge in [0.05, 0.1) is 11.5 Å². The minimum absolute atomic E-state index is 0.0439. The molecule has 23 heavy (non-hydrogen) atoms. The first-order valence-electron chi connectivity index (χ1n) is 7.51. The maximum absolute atomic E-state index is 12.4. The van der Waals surface area contributed by atoms with Gasteiger partial charge in [-0.25, -0.2) is 8.42 Å². The molecule has 1 heterocycles. The molecule has 1 saturated heterocycles. The quantitative estimate of drug-likeness (QED) is 0.364. The maximum atomic E-state index is 12.4. The van der Waals surface area contributed by atoms with E-state index in [4.69, 9.17) is 4.74 Å². The number of carbonyl (C=O) groups excluding carboxylic acids is 2. The van der Waals surface area contributed by atoms with Crippen LogP contribution in [0.2, 0.25) is 0 Å². The van der Waals surface area contributed by atoms with Gasteiger partial charge in [0.25, 0.3) is 5.91 Å². The lowest BCUT2D eigenvalue weighted by Gasteiger charge is -2.29. The Bertz CT molecular complexity index is 618. The minimum Gasteiger partial charge on any atom is -0.452 e. The number of likely N-dealkylation sites (N-methyl/N-ethyl adjacent to an activating group) is 1. The number of carbonyl (C=O) groups is 2. The molecule has 0 N–H and O–H groups in total. The van der Waals surface area contributed by atoms with Crippen LogP contribution in [0.4, 0.5) is 0 Å². The summed E-state index contributed by atoms with van der Waals surface area (Å²) in [7, 11) is -3.13. The van der Waals surface area contributed by atoms with E-state index in [1.54, 1.807) is 6.92 Å². The van der Waals surface area contributed by atoms with Crippen molar-refractivity contribution in [1.82, 2.24) is 4.90 Å². The van der Waals surface area contributed by atoms with Gasteiger partial charge in [-0.3, -0.25) is 19.7 Å². The van der Waals surface area contributed by atoms with E-state index >= 15 is 0 Å². The fraction of sp³-hybridized carbons (Fsp3) is 0.846. The third-order valence-electron chi connectivity index (χ3n) is 4.24. The van der Waals surface area contributed by atoms with Crippen molar-refractivity contribution in [3.8, 4) is 0 Å². The summed E-state index contributed by atoms with van der Waals surface area (Å²) >= 11 is 0. The van der Waals surface area contributed by atoms with Crippen LogP contribution in [0.5, 0.6) is 0 Å². The molecule has 0 aromatic heterocycles.